The Morgan fingerprint density at radius 2 is 1.70 bits per heavy atom. The molecule has 158 valence electrons. The van der Waals surface area contributed by atoms with Crippen LogP contribution >= 0.6 is 11.6 Å². The van der Waals surface area contributed by atoms with E-state index in [0.29, 0.717) is 26.2 Å². The number of carbonyl (C=O) groups excluding carboxylic acids is 1. The van der Waals surface area contributed by atoms with Gasteiger partial charge in [-0.2, -0.15) is 4.98 Å². The third-order valence-electron chi connectivity index (χ3n) is 5.42. The van der Waals surface area contributed by atoms with E-state index < -0.39 is 11.2 Å². The van der Waals surface area contributed by atoms with E-state index in [-0.39, 0.29) is 34.7 Å². The van der Waals surface area contributed by atoms with E-state index in [2.05, 4.69) is 9.88 Å². The van der Waals surface area contributed by atoms with E-state index in [1.54, 1.807) is 17.0 Å². The fraction of sp³-hybridized carbons (Fsp3) is 0.368. The molecular formula is C19H20ClFN6O3. The molecule has 30 heavy (non-hydrogen) atoms. The summed E-state index contributed by atoms with van der Waals surface area (Å²) in [5.74, 6) is -0.494. The molecule has 0 aliphatic carbocycles. The van der Waals surface area contributed by atoms with Crippen LogP contribution in [0, 0.1) is 5.82 Å². The lowest BCUT2D eigenvalue weighted by Crippen LogP contribution is -2.49. The van der Waals surface area contributed by atoms with Gasteiger partial charge in [0.25, 0.3) is 5.56 Å². The number of aromatic nitrogens is 4. The number of imidazole rings is 1. The van der Waals surface area contributed by atoms with Crippen LogP contribution in [0.1, 0.15) is 0 Å². The molecule has 1 fully saturated rings. The number of benzene rings is 1. The standard InChI is InChI=1S/C19H20ClFN6O3/c1-23-16-15(17(29)24(2)19(23)30)27(18(20)22-16)11-14(28)26-9-7-25(8-10-26)13-5-3-12(21)4-6-13/h3-6H,7-11H2,1-2H3. The molecule has 11 heteroatoms. The van der Waals surface area contributed by atoms with E-state index >= 15 is 0 Å². The Bertz CT molecular complexity index is 1240. The lowest BCUT2D eigenvalue weighted by molar-refractivity contribution is -0.132. The molecule has 1 aliphatic heterocycles. The molecule has 1 aliphatic rings. The zero-order valence-electron chi connectivity index (χ0n) is 16.5. The van der Waals surface area contributed by atoms with E-state index in [9.17, 15) is 18.8 Å². The maximum absolute atomic E-state index is 13.1. The van der Waals surface area contributed by atoms with E-state index in [0.717, 1.165) is 10.3 Å². The maximum Gasteiger partial charge on any atom is 0.332 e. The highest BCUT2D eigenvalue weighted by Crippen LogP contribution is 2.19. The first-order chi connectivity index (χ1) is 14.3. The molecule has 0 spiro atoms. The highest BCUT2D eigenvalue weighted by atomic mass is 35.5. The highest BCUT2D eigenvalue weighted by molar-refractivity contribution is 6.29. The average Bonchev–Trinajstić information content (AvgIpc) is 3.07. The molecule has 2 aromatic heterocycles. The zero-order chi connectivity index (χ0) is 21.6. The van der Waals surface area contributed by atoms with Gasteiger partial charge in [0.05, 0.1) is 0 Å². The predicted octanol–water partition coefficient (Wildman–Crippen LogP) is 0.575. The molecule has 9 nitrogen and oxygen atoms in total. The Morgan fingerprint density at radius 1 is 1.07 bits per heavy atom. The van der Waals surface area contributed by atoms with Crippen molar-refractivity contribution in [3.8, 4) is 0 Å². The van der Waals surface area contributed by atoms with Gasteiger partial charge in [0.15, 0.2) is 11.2 Å². The lowest BCUT2D eigenvalue weighted by Gasteiger charge is -2.36. The number of halogens is 2. The number of anilines is 1. The van der Waals surface area contributed by atoms with Crippen molar-refractivity contribution in [1.82, 2.24) is 23.6 Å². The summed E-state index contributed by atoms with van der Waals surface area (Å²) in [6.07, 6.45) is 0. The molecule has 0 saturated carbocycles. The molecule has 3 heterocycles. The number of rotatable bonds is 3. The van der Waals surface area contributed by atoms with Crippen molar-refractivity contribution in [3.05, 3.63) is 56.2 Å². The van der Waals surface area contributed by atoms with E-state index in [1.807, 2.05) is 0 Å². The minimum Gasteiger partial charge on any atom is -0.368 e. The van der Waals surface area contributed by atoms with Crippen molar-refractivity contribution in [3.63, 3.8) is 0 Å². The van der Waals surface area contributed by atoms with Gasteiger partial charge in [0.2, 0.25) is 11.2 Å². The third kappa shape index (κ3) is 3.36. The second-order valence-electron chi connectivity index (χ2n) is 7.19. The molecule has 0 bridgehead atoms. The molecule has 1 aromatic carbocycles. The summed E-state index contributed by atoms with van der Waals surface area (Å²) >= 11 is 6.19. The van der Waals surface area contributed by atoms with Crippen molar-refractivity contribution in [2.45, 2.75) is 6.54 Å². The van der Waals surface area contributed by atoms with Gasteiger partial charge < -0.3 is 9.80 Å². The maximum atomic E-state index is 13.1. The van der Waals surface area contributed by atoms with Crippen LogP contribution in [0.15, 0.2) is 33.9 Å². The SMILES string of the molecule is Cn1c(=O)c2c(nc(Cl)n2CC(=O)N2CCN(c3ccc(F)cc3)CC2)n(C)c1=O. The van der Waals surface area contributed by atoms with Gasteiger partial charge >= 0.3 is 5.69 Å². The number of aryl methyl sites for hydroxylation is 1. The van der Waals surface area contributed by atoms with Crippen LogP contribution in [0.25, 0.3) is 11.2 Å². The zero-order valence-corrected chi connectivity index (χ0v) is 17.3. The number of hydrogen-bond donors (Lipinski definition) is 0. The van der Waals surface area contributed by atoms with E-state index in [1.165, 1.54) is 35.4 Å². The van der Waals surface area contributed by atoms with Crippen molar-refractivity contribution in [1.29, 1.82) is 0 Å². The van der Waals surface area contributed by atoms with Crippen molar-refractivity contribution >= 4 is 34.4 Å². The Balaban J connectivity index is 1.53. The first-order valence-electron chi connectivity index (χ1n) is 9.38. The minimum atomic E-state index is -0.554. The third-order valence-corrected chi connectivity index (χ3v) is 5.71. The summed E-state index contributed by atoms with van der Waals surface area (Å²) in [5.41, 5.74) is 0.0833. The first kappa shape index (κ1) is 20.1. The summed E-state index contributed by atoms with van der Waals surface area (Å²) < 4.78 is 16.6. The second-order valence-corrected chi connectivity index (χ2v) is 7.53. The Kier molecular flexibility index (Phi) is 5.10. The summed E-state index contributed by atoms with van der Waals surface area (Å²) in [7, 11) is 2.86. The Hall–Kier alpha value is -3.14. The fourth-order valence-electron chi connectivity index (χ4n) is 3.67. The molecule has 3 aromatic rings. The monoisotopic (exact) mass is 434 g/mol. The van der Waals surface area contributed by atoms with Crippen molar-refractivity contribution < 1.29 is 9.18 Å². The van der Waals surface area contributed by atoms with Gasteiger partial charge in [-0.1, -0.05) is 0 Å². The number of piperazine rings is 1. The molecule has 1 amide bonds. The van der Waals surface area contributed by atoms with Gasteiger partial charge in [-0.05, 0) is 35.9 Å². The van der Waals surface area contributed by atoms with Gasteiger partial charge in [-0.25, -0.2) is 9.18 Å². The average molecular weight is 435 g/mol. The summed E-state index contributed by atoms with van der Waals surface area (Å²) in [5, 5.41) is -0.0263. The van der Waals surface area contributed by atoms with Gasteiger partial charge in [0.1, 0.15) is 12.4 Å². The topological polar surface area (TPSA) is 85.4 Å². The summed E-state index contributed by atoms with van der Waals surface area (Å²) in [6, 6.07) is 6.24. The van der Waals surface area contributed by atoms with Crippen LogP contribution in [0.4, 0.5) is 10.1 Å². The lowest BCUT2D eigenvalue weighted by atomic mass is 10.2. The first-order valence-corrected chi connectivity index (χ1v) is 9.75. The van der Waals surface area contributed by atoms with Gasteiger partial charge in [-0.3, -0.25) is 23.3 Å². The molecular weight excluding hydrogens is 415 g/mol. The normalized spacial score (nSPS) is 14.5. The van der Waals surface area contributed by atoms with Crippen molar-refractivity contribution in [2.24, 2.45) is 14.1 Å². The van der Waals surface area contributed by atoms with Crippen LogP contribution in [-0.4, -0.2) is 55.7 Å². The quantitative estimate of drug-likeness (QED) is 0.563. The molecule has 4 rings (SSSR count). The molecule has 0 N–H and O–H groups in total. The number of fused-ring (bicyclic) bond motifs is 1. The van der Waals surface area contributed by atoms with Gasteiger partial charge in [-0.15, -0.1) is 0 Å². The predicted molar refractivity (Wildman–Crippen MR) is 110 cm³/mol. The molecule has 1 saturated heterocycles. The van der Waals surface area contributed by atoms with Crippen LogP contribution < -0.4 is 16.1 Å². The molecule has 0 radical (unpaired) electrons. The Morgan fingerprint density at radius 3 is 2.33 bits per heavy atom. The van der Waals surface area contributed by atoms with Crippen LogP contribution in [0.3, 0.4) is 0 Å². The number of hydrogen-bond acceptors (Lipinski definition) is 5. The second kappa shape index (κ2) is 7.60. The summed E-state index contributed by atoms with van der Waals surface area (Å²) in [4.78, 5) is 45.4. The number of nitrogens with zero attached hydrogens (tertiary/aromatic N) is 6. The number of carbonyl (C=O) groups is 1. The van der Waals surface area contributed by atoms with Crippen LogP contribution in [0.5, 0.6) is 0 Å². The van der Waals surface area contributed by atoms with Crippen molar-refractivity contribution in [2.75, 3.05) is 31.1 Å². The van der Waals surface area contributed by atoms with E-state index in [4.69, 9.17) is 11.6 Å². The smallest absolute Gasteiger partial charge is 0.332 e. The Labute approximate surface area is 175 Å². The largest absolute Gasteiger partial charge is 0.368 e. The molecule has 0 unspecified atom stereocenters. The minimum absolute atomic E-state index is 0.0263. The van der Waals surface area contributed by atoms with Crippen LogP contribution in [-0.2, 0) is 25.4 Å². The highest BCUT2D eigenvalue weighted by Gasteiger charge is 2.25. The number of amides is 1. The van der Waals surface area contributed by atoms with Crippen LogP contribution in [0.2, 0.25) is 5.28 Å². The molecule has 0 atom stereocenters. The summed E-state index contributed by atoms with van der Waals surface area (Å²) in [6.45, 7) is 2.02. The fourth-order valence-corrected chi connectivity index (χ4v) is 3.89. The van der Waals surface area contributed by atoms with Gasteiger partial charge in [0, 0.05) is 46.0 Å².